The van der Waals surface area contributed by atoms with E-state index in [1.165, 1.54) is 10.5 Å². The third kappa shape index (κ3) is 1.80. The molecule has 0 fully saturated rings. The number of hydrogen-bond acceptors (Lipinski definition) is 2. The van der Waals surface area contributed by atoms with Crippen LogP contribution in [0.1, 0.15) is 25.8 Å². The summed E-state index contributed by atoms with van der Waals surface area (Å²) in [6.45, 7) is 5.38. The summed E-state index contributed by atoms with van der Waals surface area (Å²) in [6.07, 6.45) is 1.10. The maximum atomic E-state index is 5.67. The van der Waals surface area contributed by atoms with Crippen molar-refractivity contribution in [2.75, 3.05) is 6.61 Å². The lowest BCUT2D eigenvalue weighted by Crippen LogP contribution is -2.26. The maximum absolute atomic E-state index is 5.67. The van der Waals surface area contributed by atoms with E-state index < -0.39 is 0 Å². The van der Waals surface area contributed by atoms with Crippen LogP contribution < -0.4 is 4.74 Å². The van der Waals surface area contributed by atoms with Crippen LogP contribution in [-0.2, 0) is 5.41 Å². The molecule has 0 unspecified atom stereocenters. The molecule has 0 aromatic heterocycles. The van der Waals surface area contributed by atoms with E-state index in [-0.39, 0.29) is 5.41 Å². The van der Waals surface area contributed by atoms with Gasteiger partial charge in [0.15, 0.2) is 0 Å². The van der Waals surface area contributed by atoms with Gasteiger partial charge in [-0.3, -0.25) is 0 Å². The smallest absolute Gasteiger partial charge is 0.124 e. The summed E-state index contributed by atoms with van der Waals surface area (Å²) in [5.74, 6) is 1.05. The normalized spacial score (nSPS) is 18.5. The van der Waals surface area contributed by atoms with Gasteiger partial charge in [-0.1, -0.05) is 19.9 Å². The second kappa shape index (κ2) is 3.78. The van der Waals surface area contributed by atoms with Gasteiger partial charge in [0.2, 0.25) is 0 Å². The lowest BCUT2D eigenvalue weighted by molar-refractivity contribution is 0.233. The molecule has 0 bridgehead atoms. The van der Waals surface area contributed by atoms with E-state index in [4.69, 9.17) is 4.74 Å². The molecule has 0 spiro atoms. The van der Waals surface area contributed by atoms with Crippen LogP contribution in [0, 0.1) is 0 Å². The minimum absolute atomic E-state index is 0.253. The highest BCUT2D eigenvalue weighted by Crippen LogP contribution is 2.40. The average molecular weight is 273 g/mol. The molecule has 14 heavy (non-hydrogen) atoms. The minimum atomic E-state index is 0.253. The van der Waals surface area contributed by atoms with Gasteiger partial charge in [0.25, 0.3) is 0 Å². The molecule has 0 N–H and O–H groups in total. The fourth-order valence-corrected chi connectivity index (χ4v) is 2.66. The topological polar surface area (TPSA) is 9.23 Å². The summed E-state index contributed by atoms with van der Waals surface area (Å²) >= 11 is 3.37. The zero-order valence-corrected chi connectivity index (χ0v) is 10.7. The monoisotopic (exact) mass is 272 g/mol. The van der Waals surface area contributed by atoms with Crippen LogP contribution in [0.25, 0.3) is 0 Å². The number of ether oxygens (including phenoxy) is 1. The van der Waals surface area contributed by atoms with Gasteiger partial charge < -0.3 is 4.74 Å². The Morgan fingerprint density at radius 2 is 2.21 bits per heavy atom. The first-order valence-corrected chi connectivity index (χ1v) is 7.35. The van der Waals surface area contributed by atoms with Crippen molar-refractivity contribution in [3.05, 3.63) is 23.8 Å². The molecule has 0 radical (unpaired) electrons. The Morgan fingerprint density at radius 1 is 1.43 bits per heavy atom. The largest absolute Gasteiger partial charge is 0.493 e. The predicted molar refractivity (Wildman–Crippen MR) is 64.4 cm³/mol. The first kappa shape index (κ1) is 10.4. The van der Waals surface area contributed by atoms with Gasteiger partial charge in [-0.05, 0) is 54.5 Å². The van der Waals surface area contributed by atoms with Crippen molar-refractivity contribution >= 4 is 25.0 Å². The van der Waals surface area contributed by atoms with Gasteiger partial charge in [-0.2, -0.15) is 0 Å². The second-order valence-corrected chi connectivity index (χ2v) is 5.81. The average Bonchev–Trinajstić information content (AvgIpc) is 2.16. The molecule has 1 aromatic rings. The number of hydrogen-bond donors (Lipinski definition) is 0. The minimum Gasteiger partial charge on any atom is -0.493 e. The van der Waals surface area contributed by atoms with Gasteiger partial charge in [-0.25, -0.2) is 0 Å². The Labute approximate surface area is 96.4 Å². The zero-order valence-electron chi connectivity index (χ0n) is 8.34. The molecule has 0 saturated heterocycles. The Morgan fingerprint density at radius 3 is 2.93 bits per heavy atom. The molecule has 1 aliphatic heterocycles. The van der Waals surface area contributed by atoms with Crippen molar-refractivity contribution in [3.8, 4) is 5.75 Å². The molecule has 3 heteroatoms. The van der Waals surface area contributed by atoms with Crippen molar-refractivity contribution in [2.45, 2.75) is 30.6 Å². The third-order valence-electron chi connectivity index (χ3n) is 2.76. The first-order valence-electron chi connectivity index (χ1n) is 4.69. The molecule has 76 valence electrons. The quantitative estimate of drug-likeness (QED) is 0.760. The molecule has 1 aromatic carbocycles. The number of rotatable bonds is 1. The fraction of sp³-hybridized carbons (Fsp3) is 0.455. The van der Waals surface area contributed by atoms with Crippen molar-refractivity contribution < 1.29 is 4.74 Å². The molecule has 1 nitrogen and oxygen atoms in total. The standard InChI is InChI=1S/C11H13BrOS/c1-11(2)5-6-13-10-7-8(14-12)3-4-9(10)11/h3-4,7H,5-6H2,1-2H3. The van der Waals surface area contributed by atoms with Crippen LogP contribution >= 0.6 is 25.0 Å². The van der Waals surface area contributed by atoms with E-state index in [2.05, 4.69) is 46.9 Å². The van der Waals surface area contributed by atoms with E-state index in [9.17, 15) is 0 Å². The van der Waals surface area contributed by atoms with E-state index >= 15 is 0 Å². The molecule has 1 aliphatic rings. The Balaban J connectivity index is 2.46. The van der Waals surface area contributed by atoms with Gasteiger partial charge in [0, 0.05) is 4.90 Å². The molecular weight excluding hydrogens is 260 g/mol. The van der Waals surface area contributed by atoms with Crippen molar-refractivity contribution in [2.24, 2.45) is 0 Å². The summed E-state index contributed by atoms with van der Waals surface area (Å²) in [5, 5.41) is 0. The zero-order chi connectivity index (χ0) is 10.2. The molecular formula is C11H13BrOS. The Kier molecular flexibility index (Phi) is 2.80. The van der Waals surface area contributed by atoms with E-state index in [0.717, 1.165) is 18.8 Å². The molecule has 0 aliphatic carbocycles. The van der Waals surface area contributed by atoms with Crippen LogP contribution in [0.2, 0.25) is 0 Å². The van der Waals surface area contributed by atoms with Crippen LogP contribution in [0.4, 0.5) is 0 Å². The summed E-state index contributed by atoms with van der Waals surface area (Å²) in [6, 6.07) is 6.42. The first-order chi connectivity index (χ1) is 6.63. The molecule has 2 rings (SSSR count). The third-order valence-corrected chi connectivity index (χ3v) is 4.31. The maximum Gasteiger partial charge on any atom is 0.124 e. The highest BCUT2D eigenvalue weighted by atomic mass is 79.9. The van der Waals surface area contributed by atoms with Gasteiger partial charge in [0.05, 0.1) is 6.61 Å². The van der Waals surface area contributed by atoms with Crippen molar-refractivity contribution in [3.63, 3.8) is 0 Å². The Hall–Kier alpha value is -0.150. The Bertz CT molecular complexity index is 349. The predicted octanol–water partition coefficient (Wildman–Crippen LogP) is 4.15. The van der Waals surface area contributed by atoms with Gasteiger partial charge >= 0.3 is 0 Å². The van der Waals surface area contributed by atoms with E-state index in [1.54, 1.807) is 10.2 Å². The van der Waals surface area contributed by atoms with Crippen LogP contribution in [0.15, 0.2) is 23.1 Å². The molecule has 1 heterocycles. The summed E-state index contributed by atoms with van der Waals surface area (Å²) in [7, 11) is 1.57. The highest BCUT2D eigenvalue weighted by Gasteiger charge is 2.28. The lowest BCUT2D eigenvalue weighted by Gasteiger charge is -2.32. The highest BCUT2D eigenvalue weighted by molar-refractivity contribution is 9.50. The van der Waals surface area contributed by atoms with Crippen LogP contribution in [0.3, 0.4) is 0 Å². The number of halogens is 1. The molecule has 0 saturated carbocycles. The van der Waals surface area contributed by atoms with Crippen molar-refractivity contribution in [1.82, 2.24) is 0 Å². The second-order valence-electron chi connectivity index (χ2n) is 4.22. The number of fused-ring (bicyclic) bond motifs is 1. The lowest BCUT2D eigenvalue weighted by atomic mass is 9.80. The SMILES string of the molecule is CC1(C)CCOc2cc(SBr)ccc21. The molecule has 0 amide bonds. The van der Waals surface area contributed by atoms with E-state index in [0.29, 0.717) is 0 Å². The fourth-order valence-electron chi connectivity index (χ4n) is 1.78. The molecule has 0 atom stereocenters. The van der Waals surface area contributed by atoms with Gasteiger partial charge in [-0.15, -0.1) is 0 Å². The summed E-state index contributed by atoms with van der Waals surface area (Å²) < 4.78 is 5.67. The summed E-state index contributed by atoms with van der Waals surface area (Å²) in [5.41, 5.74) is 1.58. The van der Waals surface area contributed by atoms with Crippen LogP contribution in [-0.4, -0.2) is 6.61 Å². The van der Waals surface area contributed by atoms with Crippen molar-refractivity contribution in [1.29, 1.82) is 0 Å². The van der Waals surface area contributed by atoms with Gasteiger partial charge in [0.1, 0.15) is 5.75 Å². The summed E-state index contributed by atoms with van der Waals surface area (Å²) in [4.78, 5) is 1.20. The number of benzene rings is 1. The van der Waals surface area contributed by atoms with E-state index in [1.807, 2.05) is 0 Å². The van der Waals surface area contributed by atoms with Crippen LogP contribution in [0.5, 0.6) is 5.75 Å².